The minimum absolute atomic E-state index is 0.103. The Morgan fingerprint density at radius 1 is 1.37 bits per heavy atom. The Hall–Kier alpha value is -2.17. The highest BCUT2D eigenvalue weighted by Gasteiger charge is 2.11. The van der Waals surface area contributed by atoms with Gasteiger partial charge in [0.05, 0.1) is 17.2 Å². The smallest absolute Gasteiger partial charge is 0.303 e. The Morgan fingerprint density at radius 3 is 2.79 bits per heavy atom. The average molecular weight is 259 g/mol. The van der Waals surface area contributed by atoms with Gasteiger partial charge in [0.2, 0.25) is 0 Å². The number of anilines is 1. The first-order valence-corrected chi connectivity index (χ1v) is 6.36. The predicted molar refractivity (Wildman–Crippen MR) is 74.1 cm³/mol. The minimum atomic E-state index is -0.766. The number of rotatable bonds is 6. The van der Waals surface area contributed by atoms with Gasteiger partial charge in [0.1, 0.15) is 5.82 Å². The second kappa shape index (κ2) is 6.13. The molecule has 0 aliphatic heterocycles. The highest BCUT2D eigenvalue weighted by Crippen LogP contribution is 2.13. The van der Waals surface area contributed by atoms with Gasteiger partial charge in [0.15, 0.2) is 0 Å². The zero-order valence-corrected chi connectivity index (χ0v) is 10.8. The molecule has 0 aliphatic rings. The lowest BCUT2D eigenvalue weighted by molar-refractivity contribution is -0.138. The fraction of sp³-hybridized carbons (Fsp3) is 0.357. The quantitative estimate of drug-likeness (QED) is 0.833. The summed E-state index contributed by atoms with van der Waals surface area (Å²) in [7, 11) is 0. The Balaban J connectivity index is 2.02. The largest absolute Gasteiger partial charge is 0.481 e. The average Bonchev–Trinajstić information content (AvgIpc) is 2.42. The third-order valence-electron chi connectivity index (χ3n) is 3.06. The molecule has 1 heterocycles. The third-order valence-corrected chi connectivity index (χ3v) is 3.06. The Bertz CT molecular complexity index is 571. The first kappa shape index (κ1) is 13.3. The highest BCUT2D eigenvalue weighted by molar-refractivity contribution is 5.75. The van der Waals surface area contributed by atoms with E-state index in [2.05, 4.69) is 15.3 Å². The SMILES string of the molecule is CCC(CNc1cnc2ccccc2n1)CC(=O)O. The van der Waals surface area contributed by atoms with Crippen LogP contribution in [0.1, 0.15) is 19.8 Å². The van der Waals surface area contributed by atoms with Crippen LogP contribution >= 0.6 is 0 Å². The molecule has 5 heteroatoms. The van der Waals surface area contributed by atoms with E-state index in [4.69, 9.17) is 5.11 Å². The van der Waals surface area contributed by atoms with Crippen LogP contribution in [0.2, 0.25) is 0 Å². The molecule has 2 N–H and O–H groups in total. The topological polar surface area (TPSA) is 75.1 Å². The summed E-state index contributed by atoms with van der Waals surface area (Å²) in [5, 5.41) is 12.0. The predicted octanol–water partition coefficient (Wildman–Crippen LogP) is 2.54. The molecule has 0 amide bonds. The van der Waals surface area contributed by atoms with E-state index in [0.29, 0.717) is 12.4 Å². The summed E-state index contributed by atoms with van der Waals surface area (Å²) in [5.74, 6) is 0.0200. The number of nitrogens with one attached hydrogen (secondary N) is 1. The fourth-order valence-corrected chi connectivity index (χ4v) is 1.90. The molecule has 2 rings (SSSR count). The van der Waals surface area contributed by atoms with Gasteiger partial charge in [-0.25, -0.2) is 4.98 Å². The lowest BCUT2D eigenvalue weighted by Crippen LogP contribution is -2.17. The summed E-state index contributed by atoms with van der Waals surface area (Å²) in [5.41, 5.74) is 1.68. The number of aromatic nitrogens is 2. The number of carboxylic acid groups (broad SMARTS) is 1. The number of carboxylic acids is 1. The molecule has 100 valence electrons. The maximum atomic E-state index is 10.7. The van der Waals surface area contributed by atoms with Crippen molar-refractivity contribution in [1.82, 2.24) is 9.97 Å². The van der Waals surface area contributed by atoms with Crippen LogP contribution < -0.4 is 5.32 Å². The fourth-order valence-electron chi connectivity index (χ4n) is 1.90. The van der Waals surface area contributed by atoms with Gasteiger partial charge in [-0.3, -0.25) is 9.78 Å². The van der Waals surface area contributed by atoms with Crippen LogP contribution in [0.15, 0.2) is 30.5 Å². The number of carbonyl (C=O) groups is 1. The number of nitrogens with zero attached hydrogens (tertiary/aromatic N) is 2. The van der Waals surface area contributed by atoms with Gasteiger partial charge in [-0.05, 0) is 18.1 Å². The molecule has 0 saturated carbocycles. The summed E-state index contributed by atoms with van der Waals surface area (Å²) in [6, 6.07) is 7.65. The summed E-state index contributed by atoms with van der Waals surface area (Å²) in [4.78, 5) is 19.4. The van der Waals surface area contributed by atoms with Crippen molar-refractivity contribution in [2.45, 2.75) is 19.8 Å². The maximum Gasteiger partial charge on any atom is 0.303 e. The second-order valence-electron chi connectivity index (χ2n) is 4.50. The second-order valence-corrected chi connectivity index (χ2v) is 4.50. The van der Waals surface area contributed by atoms with Crippen molar-refractivity contribution in [3.63, 3.8) is 0 Å². The Morgan fingerprint density at radius 2 is 2.11 bits per heavy atom. The first-order valence-electron chi connectivity index (χ1n) is 6.36. The van der Waals surface area contributed by atoms with Crippen LogP contribution in [0, 0.1) is 5.92 Å². The molecule has 0 spiro atoms. The van der Waals surface area contributed by atoms with Crippen molar-refractivity contribution in [1.29, 1.82) is 0 Å². The molecular formula is C14H17N3O2. The van der Waals surface area contributed by atoms with Gasteiger partial charge in [-0.1, -0.05) is 25.5 Å². The van der Waals surface area contributed by atoms with E-state index in [1.54, 1.807) is 6.20 Å². The molecule has 1 unspecified atom stereocenters. The molecule has 5 nitrogen and oxygen atoms in total. The van der Waals surface area contributed by atoms with Crippen LogP contribution in [0.5, 0.6) is 0 Å². The molecule has 0 saturated heterocycles. The van der Waals surface area contributed by atoms with Crippen molar-refractivity contribution in [3.8, 4) is 0 Å². The summed E-state index contributed by atoms with van der Waals surface area (Å²) < 4.78 is 0. The van der Waals surface area contributed by atoms with E-state index in [-0.39, 0.29) is 12.3 Å². The lowest BCUT2D eigenvalue weighted by atomic mass is 10.0. The minimum Gasteiger partial charge on any atom is -0.481 e. The number of fused-ring (bicyclic) bond motifs is 1. The Kier molecular flexibility index (Phi) is 4.28. The molecule has 0 fully saturated rings. The molecule has 1 aromatic heterocycles. The molecule has 1 aromatic carbocycles. The molecule has 0 aliphatic carbocycles. The maximum absolute atomic E-state index is 10.7. The molecule has 0 bridgehead atoms. The summed E-state index contributed by atoms with van der Waals surface area (Å²) >= 11 is 0. The van der Waals surface area contributed by atoms with E-state index in [9.17, 15) is 4.79 Å². The lowest BCUT2D eigenvalue weighted by Gasteiger charge is -2.13. The van der Waals surface area contributed by atoms with Crippen molar-refractivity contribution in [2.24, 2.45) is 5.92 Å². The highest BCUT2D eigenvalue weighted by atomic mass is 16.4. The molecule has 1 atom stereocenters. The van der Waals surface area contributed by atoms with Gasteiger partial charge in [0.25, 0.3) is 0 Å². The van der Waals surface area contributed by atoms with Crippen molar-refractivity contribution in [3.05, 3.63) is 30.5 Å². The van der Waals surface area contributed by atoms with Gasteiger partial charge in [-0.2, -0.15) is 0 Å². The molecule has 2 aromatic rings. The number of aliphatic carboxylic acids is 1. The van der Waals surface area contributed by atoms with Crippen LogP contribution in [-0.2, 0) is 4.79 Å². The molecule has 19 heavy (non-hydrogen) atoms. The van der Waals surface area contributed by atoms with Gasteiger partial charge < -0.3 is 10.4 Å². The van der Waals surface area contributed by atoms with E-state index in [1.165, 1.54) is 0 Å². The van der Waals surface area contributed by atoms with Crippen LogP contribution in [0.3, 0.4) is 0 Å². The van der Waals surface area contributed by atoms with E-state index in [0.717, 1.165) is 17.5 Å². The van der Waals surface area contributed by atoms with Crippen molar-refractivity contribution >= 4 is 22.8 Å². The number of benzene rings is 1. The third kappa shape index (κ3) is 3.64. The Labute approximate surface area is 111 Å². The number of hydrogen-bond acceptors (Lipinski definition) is 4. The van der Waals surface area contributed by atoms with Gasteiger partial charge in [-0.15, -0.1) is 0 Å². The van der Waals surface area contributed by atoms with E-state index < -0.39 is 5.97 Å². The normalized spacial score (nSPS) is 12.3. The van der Waals surface area contributed by atoms with E-state index in [1.807, 2.05) is 31.2 Å². The van der Waals surface area contributed by atoms with Crippen molar-refractivity contribution in [2.75, 3.05) is 11.9 Å². The zero-order valence-electron chi connectivity index (χ0n) is 10.8. The molecule has 0 radical (unpaired) electrons. The summed E-state index contributed by atoms with van der Waals surface area (Å²) in [6.07, 6.45) is 2.67. The first-order chi connectivity index (χ1) is 9.19. The number of para-hydroxylation sites is 2. The van der Waals surface area contributed by atoms with Crippen LogP contribution in [0.25, 0.3) is 11.0 Å². The number of hydrogen-bond donors (Lipinski definition) is 2. The van der Waals surface area contributed by atoms with Gasteiger partial charge in [0, 0.05) is 13.0 Å². The van der Waals surface area contributed by atoms with Crippen LogP contribution in [-0.4, -0.2) is 27.6 Å². The summed E-state index contributed by atoms with van der Waals surface area (Å²) in [6.45, 7) is 2.58. The molecular weight excluding hydrogens is 242 g/mol. The van der Waals surface area contributed by atoms with Crippen LogP contribution in [0.4, 0.5) is 5.82 Å². The van der Waals surface area contributed by atoms with Gasteiger partial charge >= 0.3 is 5.97 Å². The standard InChI is InChI=1S/C14H17N3O2/c1-2-10(7-14(18)19)8-16-13-9-15-11-5-3-4-6-12(11)17-13/h3-6,9-10H,2,7-8H2,1H3,(H,16,17)(H,18,19). The monoisotopic (exact) mass is 259 g/mol. The van der Waals surface area contributed by atoms with Crippen molar-refractivity contribution < 1.29 is 9.90 Å². The van der Waals surface area contributed by atoms with E-state index >= 15 is 0 Å². The zero-order chi connectivity index (χ0) is 13.7.